The first-order chi connectivity index (χ1) is 13.1. The molecule has 2 aliphatic rings. The van der Waals surface area contributed by atoms with E-state index < -0.39 is 0 Å². The summed E-state index contributed by atoms with van der Waals surface area (Å²) in [5.41, 5.74) is 1.22. The van der Waals surface area contributed by atoms with Crippen molar-refractivity contribution in [2.75, 3.05) is 13.2 Å². The average Bonchev–Trinajstić information content (AvgIpc) is 3.13. The Morgan fingerprint density at radius 1 is 1.11 bits per heavy atom. The highest BCUT2D eigenvalue weighted by Crippen LogP contribution is 2.40. The molecule has 1 aromatic heterocycles. The van der Waals surface area contributed by atoms with Crippen molar-refractivity contribution in [1.82, 2.24) is 15.5 Å². The summed E-state index contributed by atoms with van der Waals surface area (Å²) in [6, 6.07) is 7.40. The van der Waals surface area contributed by atoms with E-state index in [0.29, 0.717) is 23.8 Å². The van der Waals surface area contributed by atoms with Gasteiger partial charge in [-0.3, -0.25) is 0 Å². The van der Waals surface area contributed by atoms with E-state index in [2.05, 4.69) is 29.3 Å². The van der Waals surface area contributed by atoms with Crippen molar-refractivity contribution in [3.8, 4) is 0 Å². The lowest BCUT2D eigenvalue weighted by atomic mass is 9.75. The summed E-state index contributed by atoms with van der Waals surface area (Å²) >= 11 is 0. The third-order valence-corrected chi connectivity index (χ3v) is 5.87. The van der Waals surface area contributed by atoms with Gasteiger partial charge in [0.15, 0.2) is 5.82 Å². The molecule has 27 heavy (non-hydrogen) atoms. The Bertz CT molecular complexity index is 734. The van der Waals surface area contributed by atoms with Crippen LogP contribution in [0, 0.1) is 11.7 Å². The largest absolute Gasteiger partial charge is 0.381 e. The van der Waals surface area contributed by atoms with Gasteiger partial charge in [-0.2, -0.15) is 4.98 Å². The lowest BCUT2D eigenvalue weighted by Crippen LogP contribution is -2.45. The van der Waals surface area contributed by atoms with E-state index in [4.69, 9.17) is 9.26 Å². The van der Waals surface area contributed by atoms with Gasteiger partial charge < -0.3 is 14.6 Å². The van der Waals surface area contributed by atoms with Gasteiger partial charge in [0, 0.05) is 25.2 Å². The lowest BCUT2D eigenvalue weighted by molar-refractivity contribution is 0.0436. The van der Waals surface area contributed by atoms with E-state index in [9.17, 15) is 4.39 Å². The minimum atomic E-state index is -0.176. The molecule has 0 unspecified atom stereocenters. The molecule has 0 bridgehead atoms. The Morgan fingerprint density at radius 2 is 1.81 bits per heavy atom. The van der Waals surface area contributed by atoms with Crippen LogP contribution in [-0.2, 0) is 4.74 Å². The second-order valence-electron chi connectivity index (χ2n) is 8.16. The Labute approximate surface area is 159 Å². The number of nitrogens with one attached hydrogen (secondary N) is 1. The van der Waals surface area contributed by atoms with Gasteiger partial charge in [-0.05, 0) is 55.2 Å². The maximum atomic E-state index is 13.1. The van der Waals surface area contributed by atoms with Crippen LogP contribution >= 0.6 is 0 Å². The van der Waals surface area contributed by atoms with Crippen LogP contribution in [-0.4, -0.2) is 29.4 Å². The number of benzene rings is 1. The fourth-order valence-corrected chi connectivity index (χ4v) is 4.08. The van der Waals surface area contributed by atoms with Gasteiger partial charge in [0.05, 0.1) is 6.04 Å². The van der Waals surface area contributed by atoms with E-state index in [1.54, 1.807) is 12.1 Å². The van der Waals surface area contributed by atoms with Crippen LogP contribution in [0.25, 0.3) is 0 Å². The minimum Gasteiger partial charge on any atom is -0.381 e. The maximum Gasteiger partial charge on any atom is 0.244 e. The number of rotatable bonds is 6. The predicted molar refractivity (Wildman–Crippen MR) is 100.0 cm³/mol. The summed E-state index contributed by atoms with van der Waals surface area (Å²) in [5.74, 6) is 2.49. The molecule has 5 nitrogen and oxygen atoms in total. The first kappa shape index (κ1) is 18.6. The van der Waals surface area contributed by atoms with Gasteiger partial charge >= 0.3 is 0 Å². The van der Waals surface area contributed by atoms with Crippen LogP contribution in [0.15, 0.2) is 28.8 Å². The number of halogens is 1. The standard InChI is InChI=1S/C21H28FN3O2/c1-13(2)20-24-21(27-25-20)19(15-7-9-26-10-8-15)23-18-11-16(12-18)14-3-5-17(22)6-4-14/h3-6,13,15-16,18-19,23H,7-12H2,1-2H3/t16?,18?,19-/m1/s1. The van der Waals surface area contributed by atoms with Crippen molar-refractivity contribution in [1.29, 1.82) is 0 Å². The van der Waals surface area contributed by atoms with Crippen molar-refractivity contribution in [3.05, 3.63) is 47.4 Å². The van der Waals surface area contributed by atoms with Crippen molar-refractivity contribution >= 4 is 0 Å². The van der Waals surface area contributed by atoms with E-state index in [0.717, 1.165) is 44.7 Å². The molecule has 0 amide bonds. The molecule has 2 aromatic rings. The Morgan fingerprint density at radius 3 is 2.44 bits per heavy atom. The fourth-order valence-electron chi connectivity index (χ4n) is 4.08. The van der Waals surface area contributed by atoms with E-state index in [-0.39, 0.29) is 17.8 Å². The molecule has 6 heteroatoms. The molecular formula is C21H28FN3O2. The normalized spacial score (nSPS) is 24.7. The number of ether oxygens (including phenoxy) is 1. The van der Waals surface area contributed by atoms with Crippen molar-refractivity contribution in [2.24, 2.45) is 5.92 Å². The summed E-state index contributed by atoms with van der Waals surface area (Å²) in [6.45, 7) is 5.73. The highest BCUT2D eigenvalue weighted by Gasteiger charge is 2.37. The summed E-state index contributed by atoms with van der Waals surface area (Å²) in [6.07, 6.45) is 4.11. The SMILES string of the molecule is CC(C)c1noc([C@H](NC2CC(c3ccc(F)cc3)C2)C2CCOCC2)n1. The van der Waals surface area contributed by atoms with Crippen LogP contribution in [0.3, 0.4) is 0 Å². The zero-order chi connectivity index (χ0) is 18.8. The number of nitrogens with zero attached hydrogens (tertiary/aromatic N) is 2. The molecule has 1 aromatic carbocycles. The zero-order valence-corrected chi connectivity index (χ0v) is 16.0. The summed E-state index contributed by atoms with van der Waals surface area (Å²) in [7, 11) is 0. The highest BCUT2D eigenvalue weighted by atomic mass is 19.1. The van der Waals surface area contributed by atoms with Gasteiger partial charge in [-0.25, -0.2) is 4.39 Å². The van der Waals surface area contributed by atoms with Gasteiger partial charge in [0.1, 0.15) is 5.82 Å². The monoisotopic (exact) mass is 373 g/mol. The summed E-state index contributed by atoms with van der Waals surface area (Å²) in [5, 5.41) is 7.94. The molecule has 1 saturated carbocycles. The van der Waals surface area contributed by atoms with Crippen molar-refractivity contribution in [3.63, 3.8) is 0 Å². The maximum absolute atomic E-state index is 13.1. The molecule has 1 saturated heterocycles. The van der Waals surface area contributed by atoms with E-state index in [1.807, 2.05) is 12.1 Å². The third-order valence-electron chi connectivity index (χ3n) is 5.87. The molecule has 0 spiro atoms. The van der Waals surface area contributed by atoms with Gasteiger partial charge in [0.2, 0.25) is 5.89 Å². The molecule has 0 radical (unpaired) electrons. The first-order valence-electron chi connectivity index (χ1n) is 10.0. The first-order valence-corrected chi connectivity index (χ1v) is 10.0. The molecule has 1 aliphatic carbocycles. The van der Waals surface area contributed by atoms with Gasteiger partial charge in [0.25, 0.3) is 0 Å². The molecule has 2 heterocycles. The molecular weight excluding hydrogens is 345 g/mol. The zero-order valence-electron chi connectivity index (χ0n) is 16.0. The molecule has 1 aliphatic heterocycles. The summed E-state index contributed by atoms with van der Waals surface area (Å²) in [4.78, 5) is 4.66. The van der Waals surface area contributed by atoms with E-state index >= 15 is 0 Å². The number of hydrogen-bond donors (Lipinski definition) is 1. The molecule has 2 fully saturated rings. The second kappa shape index (κ2) is 8.07. The highest BCUT2D eigenvalue weighted by molar-refractivity contribution is 5.23. The topological polar surface area (TPSA) is 60.2 Å². The van der Waals surface area contributed by atoms with E-state index in [1.165, 1.54) is 5.56 Å². The molecule has 1 N–H and O–H groups in total. The quantitative estimate of drug-likeness (QED) is 0.816. The van der Waals surface area contributed by atoms with Gasteiger partial charge in [-0.15, -0.1) is 0 Å². The van der Waals surface area contributed by atoms with Crippen LogP contribution in [0.4, 0.5) is 4.39 Å². The van der Waals surface area contributed by atoms with Crippen molar-refractivity contribution in [2.45, 2.75) is 63.5 Å². The smallest absolute Gasteiger partial charge is 0.244 e. The average molecular weight is 373 g/mol. The number of aromatic nitrogens is 2. The molecule has 146 valence electrons. The van der Waals surface area contributed by atoms with Crippen LogP contribution in [0.5, 0.6) is 0 Å². The minimum absolute atomic E-state index is 0.0769. The summed E-state index contributed by atoms with van der Waals surface area (Å²) < 4.78 is 24.3. The molecule has 1 atom stereocenters. The Kier molecular flexibility index (Phi) is 5.55. The number of hydrogen-bond acceptors (Lipinski definition) is 5. The lowest BCUT2D eigenvalue weighted by Gasteiger charge is -2.40. The van der Waals surface area contributed by atoms with Crippen LogP contribution in [0.1, 0.15) is 74.7 Å². The van der Waals surface area contributed by atoms with Crippen molar-refractivity contribution < 1.29 is 13.7 Å². The van der Waals surface area contributed by atoms with Crippen LogP contribution < -0.4 is 5.32 Å². The fraction of sp³-hybridized carbons (Fsp3) is 0.619. The third kappa shape index (κ3) is 4.22. The van der Waals surface area contributed by atoms with Crippen LogP contribution in [0.2, 0.25) is 0 Å². The molecule has 4 rings (SSSR count). The van der Waals surface area contributed by atoms with Gasteiger partial charge in [-0.1, -0.05) is 31.1 Å². The predicted octanol–water partition coefficient (Wildman–Crippen LogP) is 4.34. The Balaban J connectivity index is 1.42. The second-order valence-corrected chi connectivity index (χ2v) is 8.16. The Hall–Kier alpha value is -1.79.